The van der Waals surface area contributed by atoms with Gasteiger partial charge in [0, 0.05) is 25.7 Å². The summed E-state index contributed by atoms with van der Waals surface area (Å²) in [4.78, 5) is 16.7. The number of ether oxygens (including phenoxy) is 1. The Kier molecular flexibility index (Phi) is 4.90. The fourth-order valence-electron chi connectivity index (χ4n) is 2.97. The number of rotatable bonds is 5. The first-order chi connectivity index (χ1) is 10.8. The highest BCUT2D eigenvalue weighted by Gasteiger charge is 2.27. The normalized spacial score (nSPS) is 22.4. The SMILES string of the molecule is CCC[C@@H]1C=CCN1C(=O)c1cc(CN2CCOCC2)on1. The zero-order chi connectivity index (χ0) is 15.4. The van der Waals surface area contributed by atoms with Crippen LogP contribution >= 0.6 is 0 Å². The molecule has 1 saturated heterocycles. The molecule has 0 bridgehead atoms. The van der Waals surface area contributed by atoms with Crippen molar-refractivity contribution in [2.75, 3.05) is 32.8 Å². The standard InChI is InChI=1S/C16H23N3O3/c1-2-4-13-5-3-6-19(13)16(20)15-11-14(22-17-15)12-18-7-9-21-10-8-18/h3,5,11,13H,2,4,6-10,12H2,1H3/t13-/m1/s1. The van der Waals surface area contributed by atoms with Crippen LogP contribution in [0.15, 0.2) is 22.7 Å². The Morgan fingerprint density at radius 2 is 2.23 bits per heavy atom. The Balaban J connectivity index is 1.61. The second-order valence-corrected chi connectivity index (χ2v) is 5.81. The molecule has 6 nitrogen and oxygen atoms in total. The third kappa shape index (κ3) is 3.39. The van der Waals surface area contributed by atoms with E-state index in [1.807, 2.05) is 11.0 Å². The lowest BCUT2D eigenvalue weighted by molar-refractivity contribution is 0.0305. The van der Waals surface area contributed by atoms with Crippen molar-refractivity contribution >= 4 is 5.91 Å². The summed E-state index contributed by atoms with van der Waals surface area (Å²) in [6, 6.07) is 1.97. The molecule has 2 aliphatic heterocycles. The molecule has 1 amide bonds. The molecular formula is C16H23N3O3. The average Bonchev–Trinajstić information content (AvgIpc) is 3.18. The van der Waals surface area contributed by atoms with Gasteiger partial charge >= 0.3 is 0 Å². The largest absolute Gasteiger partial charge is 0.379 e. The molecule has 3 heterocycles. The van der Waals surface area contributed by atoms with E-state index in [2.05, 4.69) is 23.1 Å². The topological polar surface area (TPSA) is 58.8 Å². The molecule has 6 heteroatoms. The molecule has 0 radical (unpaired) electrons. The number of carbonyl (C=O) groups is 1. The van der Waals surface area contributed by atoms with Crippen LogP contribution in [0.2, 0.25) is 0 Å². The van der Waals surface area contributed by atoms with Gasteiger partial charge in [0.25, 0.3) is 5.91 Å². The first-order valence-electron chi connectivity index (χ1n) is 8.01. The maximum atomic E-state index is 12.6. The Morgan fingerprint density at radius 3 is 3.00 bits per heavy atom. The number of hydrogen-bond acceptors (Lipinski definition) is 5. The molecule has 2 aliphatic rings. The Hall–Kier alpha value is -1.66. The van der Waals surface area contributed by atoms with Crippen LogP contribution in [0.3, 0.4) is 0 Å². The van der Waals surface area contributed by atoms with Crippen LogP contribution < -0.4 is 0 Å². The number of aromatic nitrogens is 1. The van der Waals surface area contributed by atoms with Crippen molar-refractivity contribution in [3.8, 4) is 0 Å². The van der Waals surface area contributed by atoms with Gasteiger partial charge in [0.05, 0.1) is 25.8 Å². The van der Waals surface area contributed by atoms with E-state index in [0.29, 0.717) is 18.8 Å². The highest BCUT2D eigenvalue weighted by Crippen LogP contribution is 2.19. The van der Waals surface area contributed by atoms with Gasteiger partial charge in [-0.25, -0.2) is 0 Å². The minimum atomic E-state index is -0.0413. The summed E-state index contributed by atoms with van der Waals surface area (Å²) in [5, 5.41) is 3.97. The fraction of sp³-hybridized carbons (Fsp3) is 0.625. The molecule has 0 aromatic carbocycles. The second kappa shape index (κ2) is 7.07. The van der Waals surface area contributed by atoms with E-state index in [1.165, 1.54) is 0 Å². The summed E-state index contributed by atoms with van der Waals surface area (Å²) in [7, 11) is 0. The zero-order valence-corrected chi connectivity index (χ0v) is 13.0. The van der Waals surface area contributed by atoms with Crippen molar-refractivity contribution in [3.63, 3.8) is 0 Å². The summed E-state index contributed by atoms with van der Waals surface area (Å²) in [6.45, 7) is 6.74. The van der Waals surface area contributed by atoms with Crippen LogP contribution in [0.1, 0.15) is 36.0 Å². The van der Waals surface area contributed by atoms with E-state index in [0.717, 1.165) is 44.9 Å². The third-order valence-electron chi connectivity index (χ3n) is 4.17. The molecule has 0 spiro atoms. The lowest BCUT2D eigenvalue weighted by Crippen LogP contribution is -2.36. The Morgan fingerprint density at radius 1 is 1.41 bits per heavy atom. The average molecular weight is 305 g/mol. The van der Waals surface area contributed by atoms with Crippen molar-refractivity contribution in [1.82, 2.24) is 15.0 Å². The second-order valence-electron chi connectivity index (χ2n) is 5.81. The van der Waals surface area contributed by atoms with Gasteiger partial charge in [-0.2, -0.15) is 0 Å². The third-order valence-corrected chi connectivity index (χ3v) is 4.17. The van der Waals surface area contributed by atoms with Crippen molar-refractivity contribution in [2.45, 2.75) is 32.4 Å². The molecular weight excluding hydrogens is 282 g/mol. The van der Waals surface area contributed by atoms with Crippen molar-refractivity contribution in [1.29, 1.82) is 0 Å². The highest BCUT2D eigenvalue weighted by atomic mass is 16.5. The van der Waals surface area contributed by atoms with Crippen LogP contribution in [-0.2, 0) is 11.3 Å². The zero-order valence-electron chi connectivity index (χ0n) is 13.0. The Labute approximate surface area is 130 Å². The molecule has 1 aromatic heterocycles. The molecule has 22 heavy (non-hydrogen) atoms. The van der Waals surface area contributed by atoms with Crippen LogP contribution in [0.25, 0.3) is 0 Å². The van der Waals surface area contributed by atoms with Crippen LogP contribution in [0.5, 0.6) is 0 Å². The summed E-state index contributed by atoms with van der Waals surface area (Å²) in [5.74, 6) is 0.699. The number of nitrogens with zero attached hydrogens (tertiary/aromatic N) is 3. The summed E-state index contributed by atoms with van der Waals surface area (Å²) in [5.41, 5.74) is 0.410. The molecule has 1 fully saturated rings. The van der Waals surface area contributed by atoms with Gasteiger partial charge in [-0.05, 0) is 6.42 Å². The van der Waals surface area contributed by atoms with Crippen LogP contribution in [-0.4, -0.2) is 59.8 Å². The minimum Gasteiger partial charge on any atom is -0.379 e. The van der Waals surface area contributed by atoms with Gasteiger partial charge in [-0.15, -0.1) is 0 Å². The highest BCUT2D eigenvalue weighted by molar-refractivity contribution is 5.93. The number of morpholine rings is 1. The van der Waals surface area contributed by atoms with E-state index < -0.39 is 0 Å². The molecule has 120 valence electrons. The maximum absolute atomic E-state index is 12.6. The predicted molar refractivity (Wildman–Crippen MR) is 81.5 cm³/mol. The summed E-state index contributed by atoms with van der Waals surface area (Å²) in [6.07, 6.45) is 6.20. The number of amides is 1. The van der Waals surface area contributed by atoms with Crippen molar-refractivity contribution in [3.05, 3.63) is 29.7 Å². The fourth-order valence-corrected chi connectivity index (χ4v) is 2.97. The van der Waals surface area contributed by atoms with E-state index in [9.17, 15) is 4.79 Å². The van der Waals surface area contributed by atoms with Gasteiger partial charge in [-0.3, -0.25) is 9.69 Å². The maximum Gasteiger partial charge on any atom is 0.276 e. The lowest BCUT2D eigenvalue weighted by atomic mass is 10.1. The van der Waals surface area contributed by atoms with E-state index in [1.54, 1.807) is 6.07 Å². The predicted octanol–water partition coefficient (Wildman–Crippen LogP) is 1.69. The van der Waals surface area contributed by atoms with Gasteiger partial charge in [0.1, 0.15) is 0 Å². The summed E-state index contributed by atoms with van der Waals surface area (Å²) < 4.78 is 10.7. The molecule has 0 unspecified atom stereocenters. The van der Waals surface area contributed by atoms with Gasteiger partial charge in [0.2, 0.25) is 0 Å². The van der Waals surface area contributed by atoms with Crippen molar-refractivity contribution < 1.29 is 14.1 Å². The summed E-state index contributed by atoms with van der Waals surface area (Å²) >= 11 is 0. The molecule has 0 saturated carbocycles. The molecule has 1 aromatic rings. The number of carbonyl (C=O) groups excluding carboxylic acids is 1. The smallest absolute Gasteiger partial charge is 0.276 e. The van der Waals surface area contributed by atoms with Crippen LogP contribution in [0.4, 0.5) is 0 Å². The molecule has 0 aliphatic carbocycles. The number of hydrogen-bond donors (Lipinski definition) is 0. The van der Waals surface area contributed by atoms with Crippen molar-refractivity contribution in [2.24, 2.45) is 0 Å². The minimum absolute atomic E-state index is 0.0413. The van der Waals surface area contributed by atoms with E-state index in [-0.39, 0.29) is 11.9 Å². The molecule has 1 atom stereocenters. The first kappa shape index (κ1) is 15.2. The van der Waals surface area contributed by atoms with Gasteiger partial charge in [0.15, 0.2) is 11.5 Å². The van der Waals surface area contributed by atoms with Gasteiger partial charge in [-0.1, -0.05) is 30.7 Å². The lowest BCUT2D eigenvalue weighted by Gasteiger charge is -2.25. The van der Waals surface area contributed by atoms with Crippen LogP contribution in [0, 0.1) is 0 Å². The van der Waals surface area contributed by atoms with Gasteiger partial charge < -0.3 is 14.2 Å². The molecule has 3 rings (SSSR count). The first-order valence-corrected chi connectivity index (χ1v) is 8.01. The van der Waals surface area contributed by atoms with E-state index in [4.69, 9.17) is 9.26 Å². The van der Waals surface area contributed by atoms with E-state index >= 15 is 0 Å². The molecule has 0 N–H and O–H groups in total. The quantitative estimate of drug-likeness (QED) is 0.775. The Bertz CT molecular complexity index is 534. The monoisotopic (exact) mass is 305 g/mol.